The van der Waals surface area contributed by atoms with Gasteiger partial charge in [-0.2, -0.15) is 0 Å². The van der Waals surface area contributed by atoms with Gasteiger partial charge in [-0.15, -0.1) is 0 Å². The Labute approximate surface area is 206 Å². The second-order valence-corrected chi connectivity index (χ2v) is 8.62. The Morgan fingerprint density at radius 2 is 1.51 bits per heavy atom. The van der Waals surface area contributed by atoms with Crippen molar-refractivity contribution in [3.05, 3.63) is 119 Å². The van der Waals surface area contributed by atoms with E-state index in [0.29, 0.717) is 23.6 Å². The van der Waals surface area contributed by atoms with Crippen LogP contribution >= 0.6 is 0 Å². The molecular weight excluding hydrogens is 436 g/mol. The molecule has 0 saturated heterocycles. The molecule has 5 rings (SSSR count). The molecule has 0 unspecified atom stereocenters. The fraction of sp³-hybridized carbons (Fsp3) is 0.167. The lowest BCUT2D eigenvalue weighted by atomic mass is 9.98. The van der Waals surface area contributed by atoms with E-state index in [-0.39, 0.29) is 5.91 Å². The maximum absolute atomic E-state index is 14.0. The van der Waals surface area contributed by atoms with E-state index in [0.717, 1.165) is 28.1 Å². The zero-order chi connectivity index (χ0) is 24.4. The van der Waals surface area contributed by atoms with Gasteiger partial charge in [0.25, 0.3) is 5.91 Å². The van der Waals surface area contributed by atoms with E-state index in [1.54, 1.807) is 14.2 Å². The van der Waals surface area contributed by atoms with Crippen LogP contribution in [0, 0.1) is 6.92 Å². The minimum atomic E-state index is -0.429. The lowest BCUT2D eigenvalue weighted by molar-refractivity contribution is 0.0968. The van der Waals surface area contributed by atoms with Gasteiger partial charge in [0, 0.05) is 23.9 Å². The molecule has 4 aromatic rings. The molecule has 1 aliphatic heterocycles. The average molecular weight is 465 g/mol. The van der Waals surface area contributed by atoms with Gasteiger partial charge in [0.2, 0.25) is 0 Å². The van der Waals surface area contributed by atoms with Crippen molar-refractivity contribution < 1.29 is 14.3 Å². The average Bonchev–Trinajstić information content (AvgIpc) is 2.91. The van der Waals surface area contributed by atoms with Crippen molar-refractivity contribution in [2.45, 2.75) is 19.6 Å². The van der Waals surface area contributed by atoms with Crippen molar-refractivity contribution >= 4 is 17.3 Å². The van der Waals surface area contributed by atoms with Crippen molar-refractivity contribution in [2.24, 2.45) is 0 Å². The van der Waals surface area contributed by atoms with Gasteiger partial charge in [-0.3, -0.25) is 9.69 Å². The second kappa shape index (κ2) is 9.55. The van der Waals surface area contributed by atoms with Crippen molar-refractivity contribution in [1.29, 1.82) is 0 Å². The van der Waals surface area contributed by atoms with E-state index in [2.05, 4.69) is 17.0 Å². The Balaban J connectivity index is 1.75. The predicted molar refractivity (Wildman–Crippen MR) is 139 cm³/mol. The molecule has 1 heterocycles. The van der Waals surface area contributed by atoms with Gasteiger partial charge in [-0.25, -0.2) is 0 Å². The number of rotatable bonds is 6. The normalized spacial score (nSPS) is 15.1. The molecule has 0 spiro atoms. The van der Waals surface area contributed by atoms with Crippen molar-refractivity contribution in [1.82, 2.24) is 0 Å². The number of hydrogen-bond acceptors (Lipinski definition) is 4. The van der Waals surface area contributed by atoms with Gasteiger partial charge in [-0.05, 0) is 48.9 Å². The molecule has 0 bridgehead atoms. The third-order valence-electron chi connectivity index (χ3n) is 6.43. The minimum Gasteiger partial charge on any atom is -0.497 e. The Morgan fingerprint density at radius 1 is 0.800 bits per heavy atom. The highest BCUT2D eigenvalue weighted by molar-refractivity contribution is 6.12. The molecule has 5 heteroatoms. The number of nitrogens with zero attached hydrogens (tertiary/aromatic N) is 2. The standard InChI is InChI=1S/C30H28N2O3/c1-21-13-15-23(16-14-21)32-29(26-18-17-24(34-2)19-28(26)35-3)31(20-22-9-5-4-6-10-22)27-12-8-7-11-25(27)30(32)33/h4-19,29H,20H2,1-3H3/t29-/m0/s1. The van der Waals surface area contributed by atoms with Crippen LogP contribution < -0.4 is 19.3 Å². The summed E-state index contributed by atoms with van der Waals surface area (Å²) in [4.78, 5) is 18.2. The van der Waals surface area contributed by atoms with Gasteiger partial charge in [0.15, 0.2) is 0 Å². The molecular formula is C30H28N2O3. The first-order valence-electron chi connectivity index (χ1n) is 11.6. The number of para-hydroxylation sites is 1. The Morgan fingerprint density at radius 3 is 2.23 bits per heavy atom. The number of carbonyl (C=O) groups is 1. The van der Waals surface area contributed by atoms with E-state index < -0.39 is 6.17 Å². The van der Waals surface area contributed by atoms with Crippen LogP contribution in [0.3, 0.4) is 0 Å². The minimum absolute atomic E-state index is 0.0448. The molecule has 176 valence electrons. The highest BCUT2D eigenvalue weighted by atomic mass is 16.5. The fourth-order valence-corrected chi connectivity index (χ4v) is 4.67. The summed E-state index contributed by atoms with van der Waals surface area (Å²) >= 11 is 0. The van der Waals surface area contributed by atoms with Crippen molar-refractivity contribution in [2.75, 3.05) is 24.0 Å². The molecule has 0 aliphatic carbocycles. The van der Waals surface area contributed by atoms with Crippen LogP contribution in [0.2, 0.25) is 0 Å². The summed E-state index contributed by atoms with van der Waals surface area (Å²) in [5, 5.41) is 0. The molecule has 0 aromatic heterocycles. The van der Waals surface area contributed by atoms with Crippen LogP contribution in [-0.4, -0.2) is 20.1 Å². The van der Waals surface area contributed by atoms with Gasteiger partial charge in [-0.1, -0.05) is 60.2 Å². The molecule has 5 nitrogen and oxygen atoms in total. The maximum atomic E-state index is 14.0. The lowest BCUT2D eigenvalue weighted by Gasteiger charge is -2.46. The summed E-state index contributed by atoms with van der Waals surface area (Å²) in [6.07, 6.45) is -0.429. The largest absolute Gasteiger partial charge is 0.497 e. The summed E-state index contributed by atoms with van der Waals surface area (Å²) in [5.74, 6) is 1.32. The number of ether oxygens (including phenoxy) is 2. The van der Waals surface area contributed by atoms with Crippen molar-refractivity contribution in [3.8, 4) is 11.5 Å². The van der Waals surface area contributed by atoms with Crippen LogP contribution in [-0.2, 0) is 6.54 Å². The third kappa shape index (κ3) is 4.21. The van der Waals surface area contributed by atoms with E-state index in [9.17, 15) is 4.79 Å². The smallest absolute Gasteiger partial charge is 0.262 e. The monoisotopic (exact) mass is 464 g/mol. The summed E-state index contributed by atoms with van der Waals surface area (Å²) in [6.45, 7) is 2.66. The van der Waals surface area contributed by atoms with E-state index in [1.165, 1.54) is 0 Å². The predicted octanol–water partition coefficient (Wildman–Crippen LogP) is 6.38. The van der Waals surface area contributed by atoms with Crippen LogP contribution in [0.15, 0.2) is 97.1 Å². The van der Waals surface area contributed by atoms with Crippen LogP contribution in [0.1, 0.15) is 33.2 Å². The first-order valence-corrected chi connectivity index (χ1v) is 11.6. The molecule has 0 radical (unpaired) electrons. The van der Waals surface area contributed by atoms with E-state index in [4.69, 9.17) is 9.47 Å². The van der Waals surface area contributed by atoms with Crippen molar-refractivity contribution in [3.63, 3.8) is 0 Å². The molecule has 0 fully saturated rings. The zero-order valence-corrected chi connectivity index (χ0v) is 20.1. The molecule has 4 aromatic carbocycles. The quantitative estimate of drug-likeness (QED) is 0.332. The zero-order valence-electron chi connectivity index (χ0n) is 20.1. The number of amides is 1. The maximum Gasteiger partial charge on any atom is 0.262 e. The van der Waals surface area contributed by atoms with Gasteiger partial charge < -0.3 is 14.4 Å². The molecule has 1 amide bonds. The number of methoxy groups -OCH3 is 2. The molecule has 0 N–H and O–H groups in total. The Hall–Kier alpha value is -4.25. The summed E-state index contributed by atoms with van der Waals surface area (Å²) < 4.78 is 11.3. The Kier molecular flexibility index (Phi) is 6.15. The first-order chi connectivity index (χ1) is 17.1. The molecule has 1 atom stereocenters. The Bertz CT molecular complexity index is 1340. The summed E-state index contributed by atoms with van der Waals surface area (Å²) in [5.41, 5.74) is 5.57. The van der Waals surface area contributed by atoms with Crippen LogP contribution in [0.5, 0.6) is 11.5 Å². The number of hydrogen-bond donors (Lipinski definition) is 0. The summed E-state index contributed by atoms with van der Waals surface area (Å²) in [7, 11) is 3.28. The van der Waals surface area contributed by atoms with Crippen LogP contribution in [0.25, 0.3) is 0 Å². The number of benzene rings is 4. The first kappa shape index (κ1) is 22.5. The number of anilines is 2. The highest BCUT2D eigenvalue weighted by Gasteiger charge is 2.40. The van der Waals surface area contributed by atoms with Gasteiger partial charge in [0.05, 0.1) is 25.5 Å². The summed E-state index contributed by atoms with van der Waals surface area (Å²) in [6, 6.07) is 32.0. The number of aryl methyl sites for hydroxylation is 1. The topological polar surface area (TPSA) is 42.0 Å². The number of carbonyl (C=O) groups excluding carboxylic acids is 1. The molecule has 1 aliphatic rings. The third-order valence-corrected chi connectivity index (χ3v) is 6.43. The highest BCUT2D eigenvalue weighted by Crippen LogP contribution is 2.45. The van der Waals surface area contributed by atoms with E-state index in [1.807, 2.05) is 96.8 Å². The number of fused-ring (bicyclic) bond motifs is 1. The molecule has 35 heavy (non-hydrogen) atoms. The van der Waals surface area contributed by atoms with Gasteiger partial charge >= 0.3 is 0 Å². The second-order valence-electron chi connectivity index (χ2n) is 8.62. The lowest BCUT2D eigenvalue weighted by Crippen LogP contribution is -2.49. The van der Waals surface area contributed by atoms with Crippen LogP contribution in [0.4, 0.5) is 11.4 Å². The van der Waals surface area contributed by atoms with Gasteiger partial charge in [0.1, 0.15) is 17.7 Å². The molecule has 0 saturated carbocycles. The fourth-order valence-electron chi connectivity index (χ4n) is 4.67. The van der Waals surface area contributed by atoms with E-state index >= 15 is 0 Å². The SMILES string of the molecule is COc1ccc([C@H]2N(Cc3ccccc3)c3ccccc3C(=O)N2c2ccc(C)cc2)c(OC)c1.